The van der Waals surface area contributed by atoms with Gasteiger partial charge in [0.25, 0.3) is 10.0 Å². The highest BCUT2D eigenvalue weighted by molar-refractivity contribution is 9.11. The van der Waals surface area contributed by atoms with Crippen LogP contribution in [0.25, 0.3) is 0 Å². The van der Waals surface area contributed by atoms with E-state index in [9.17, 15) is 26.4 Å². The monoisotopic (exact) mass is 395 g/mol. The summed E-state index contributed by atoms with van der Waals surface area (Å²) in [5.74, 6) is -2.33. The molecule has 114 valence electrons. The van der Waals surface area contributed by atoms with Crippen molar-refractivity contribution in [2.45, 2.75) is 29.8 Å². The standard InChI is InChI=1S/C9H9BrF3NO4S2/c1-4-3-5(19-6(4)10)20(17,18)14-8(2,7(15)16)9(11,12)13/h3,14H,1-2H3,(H,15,16). The van der Waals surface area contributed by atoms with E-state index in [-0.39, 0.29) is 6.92 Å². The second kappa shape index (κ2) is 5.28. The Balaban J connectivity index is 3.27. The van der Waals surface area contributed by atoms with Crippen LogP contribution in [0.2, 0.25) is 0 Å². The van der Waals surface area contributed by atoms with E-state index < -0.39 is 31.9 Å². The number of sulfonamides is 1. The second-order valence-corrected chi connectivity index (χ2v) is 8.33. The van der Waals surface area contributed by atoms with E-state index in [1.54, 1.807) is 6.92 Å². The van der Waals surface area contributed by atoms with Crippen LogP contribution >= 0.6 is 27.3 Å². The molecule has 0 aliphatic carbocycles. The quantitative estimate of drug-likeness (QED) is 0.820. The van der Waals surface area contributed by atoms with Gasteiger partial charge in [-0.05, 0) is 41.4 Å². The maximum Gasteiger partial charge on any atom is 0.418 e. The van der Waals surface area contributed by atoms with Gasteiger partial charge in [-0.2, -0.15) is 17.9 Å². The van der Waals surface area contributed by atoms with Gasteiger partial charge < -0.3 is 5.11 Å². The molecule has 0 bridgehead atoms. The summed E-state index contributed by atoms with van der Waals surface area (Å²) in [7, 11) is -4.61. The maximum absolute atomic E-state index is 12.8. The molecule has 5 nitrogen and oxygen atoms in total. The Morgan fingerprint density at radius 1 is 1.45 bits per heavy atom. The number of thiophene rings is 1. The summed E-state index contributed by atoms with van der Waals surface area (Å²) in [5, 5.41) is 8.69. The van der Waals surface area contributed by atoms with Crippen LogP contribution in [0.1, 0.15) is 12.5 Å². The van der Waals surface area contributed by atoms with Crippen molar-refractivity contribution < 1.29 is 31.5 Å². The van der Waals surface area contributed by atoms with E-state index in [0.29, 0.717) is 20.7 Å². The van der Waals surface area contributed by atoms with Crippen LogP contribution in [0.3, 0.4) is 0 Å². The molecule has 11 heteroatoms. The lowest BCUT2D eigenvalue weighted by molar-refractivity contribution is -0.201. The first-order chi connectivity index (χ1) is 8.81. The SMILES string of the molecule is Cc1cc(S(=O)(=O)NC(C)(C(=O)O)C(F)(F)F)sc1Br. The van der Waals surface area contributed by atoms with Crippen molar-refractivity contribution >= 4 is 43.3 Å². The van der Waals surface area contributed by atoms with Crippen molar-refractivity contribution in [1.82, 2.24) is 4.72 Å². The third kappa shape index (κ3) is 3.15. The molecule has 0 amide bonds. The van der Waals surface area contributed by atoms with Gasteiger partial charge >= 0.3 is 12.1 Å². The predicted octanol–water partition coefficient (Wildman–Crippen LogP) is 2.50. The summed E-state index contributed by atoms with van der Waals surface area (Å²) >= 11 is 3.73. The molecule has 20 heavy (non-hydrogen) atoms. The van der Waals surface area contributed by atoms with Crippen LogP contribution < -0.4 is 4.72 Å². The Labute approximate surface area is 125 Å². The minimum Gasteiger partial charge on any atom is -0.480 e. The van der Waals surface area contributed by atoms with Gasteiger partial charge in [0.15, 0.2) is 0 Å². The van der Waals surface area contributed by atoms with E-state index in [4.69, 9.17) is 5.11 Å². The molecule has 0 saturated heterocycles. The van der Waals surface area contributed by atoms with Crippen molar-refractivity contribution in [2.75, 3.05) is 0 Å². The summed E-state index contributed by atoms with van der Waals surface area (Å²) in [5.41, 5.74) is -3.09. The number of hydrogen-bond acceptors (Lipinski definition) is 4. The molecule has 1 aromatic heterocycles. The molecule has 1 unspecified atom stereocenters. The molecule has 2 N–H and O–H groups in total. The Bertz CT molecular complexity index is 621. The van der Waals surface area contributed by atoms with Gasteiger partial charge in [-0.25, -0.2) is 13.2 Å². The zero-order valence-corrected chi connectivity index (χ0v) is 13.3. The third-order valence-corrected chi connectivity index (χ3v) is 6.60. The van der Waals surface area contributed by atoms with Gasteiger partial charge in [0.1, 0.15) is 4.21 Å². The number of rotatable bonds is 4. The number of halogens is 4. The number of carboxylic acid groups (broad SMARTS) is 1. The van der Waals surface area contributed by atoms with Crippen molar-refractivity contribution in [3.8, 4) is 0 Å². The van der Waals surface area contributed by atoms with Crippen LogP contribution in [0.15, 0.2) is 14.1 Å². The molecule has 0 fully saturated rings. The zero-order chi connectivity index (χ0) is 15.9. The first kappa shape index (κ1) is 17.4. The lowest BCUT2D eigenvalue weighted by atomic mass is 10.0. The average molecular weight is 396 g/mol. The first-order valence-electron chi connectivity index (χ1n) is 4.91. The van der Waals surface area contributed by atoms with Gasteiger partial charge in [0.2, 0.25) is 5.54 Å². The molecule has 0 radical (unpaired) electrons. The zero-order valence-electron chi connectivity index (χ0n) is 10.1. The van der Waals surface area contributed by atoms with Gasteiger partial charge in [-0.3, -0.25) is 0 Å². The lowest BCUT2D eigenvalue weighted by Gasteiger charge is -2.27. The lowest BCUT2D eigenvalue weighted by Crippen LogP contribution is -2.61. The summed E-state index contributed by atoms with van der Waals surface area (Å²) in [4.78, 5) is 10.8. The molecule has 0 aromatic carbocycles. The van der Waals surface area contributed by atoms with Crippen LogP contribution in [-0.4, -0.2) is 31.2 Å². The van der Waals surface area contributed by atoms with Crippen LogP contribution in [0.5, 0.6) is 0 Å². The summed E-state index contributed by atoms with van der Waals surface area (Å²) in [6.45, 7) is 1.81. The van der Waals surface area contributed by atoms with Crippen LogP contribution in [0.4, 0.5) is 13.2 Å². The third-order valence-electron chi connectivity index (χ3n) is 2.43. The highest BCUT2D eigenvalue weighted by Gasteiger charge is 2.59. The molecular weight excluding hydrogens is 387 g/mol. The smallest absolute Gasteiger partial charge is 0.418 e. The number of alkyl halides is 3. The normalized spacial score (nSPS) is 15.9. The van der Waals surface area contributed by atoms with Crippen molar-refractivity contribution in [3.05, 3.63) is 15.4 Å². The maximum atomic E-state index is 12.8. The molecule has 0 spiro atoms. The highest BCUT2D eigenvalue weighted by atomic mass is 79.9. The van der Waals surface area contributed by atoms with Crippen molar-refractivity contribution in [1.29, 1.82) is 0 Å². The topological polar surface area (TPSA) is 83.5 Å². The number of aryl methyl sites for hydroxylation is 1. The minimum atomic E-state index is -5.28. The largest absolute Gasteiger partial charge is 0.480 e. The van der Waals surface area contributed by atoms with Gasteiger partial charge in [-0.1, -0.05) is 0 Å². The average Bonchev–Trinajstić information content (AvgIpc) is 2.57. The number of aliphatic carboxylic acids is 1. The fraction of sp³-hybridized carbons (Fsp3) is 0.444. The summed E-state index contributed by atoms with van der Waals surface area (Å²) in [6.07, 6.45) is -5.28. The highest BCUT2D eigenvalue weighted by Crippen LogP contribution is 2.35. The van der Waals surface area contributed by atoms with Crippen molar-refractivity contribution in [2.24, 2.45) is 0 Å². The molecule has 1 aromatic rings. The fourth-order valence-corrected chi connectivity index (χ4v) is 4.68. The Kier molecular flexibility index (Phi) is 4.59. The van der Waals surface area contributed by atoms with Crippen LogP contribution in [0, 0.1) is 6.92 Å². The van der Waals surface area contributed by atoms with E-state index in [0.717, 1.165) is 6.07 Å². The van der Waals surface area contributed by atoms with E-state index in [1.165, 1.54) is 4.72 Å². The number of carbonyl (C=O) groups is 1. The fourth-order valence-electron chi connectivity index (χ4n) is 1.11. The first-order valence-corrected chi connectivity index (χ1v) is 8.00. The Hall–Kier alpha value is -0.650. The Morgan fingerprint density at radius 3 is 2.25 bits per heavy atom. The predicted molar refractivity (Wildman–Crippen MR) is 69.2 cm³/mol. The molecule has 0 aliphatic rings. The second-order valence-electron chi connectivity index (χ2n) is 4.06. The number of nitrogens with one attached hydrogen (secondary N) is 1. The number of hydrogen-bond donors (Lipinski definition) is 2. The van der Waals surface area contributed by atoms with E-state index in [2.05, 4.69) is 15.9 Å². The minimum absolute atomic E-state index is 0.252. The van der Waals surface area contributed by atoms with Gasteiger partial charge in [0, 0.05) is 0 Å². The van der Waals surface area contributed by atoms with Gasteiger partial charge in [0.05, 0.1) is 3.79 Å². The van der Waals surface area contributed by atoms with Crippen LogP contribution in [-0.2, 0) is 14.8 Å². The molecule has 1 heterocycles. The number of carboxylic acids is 1. The molecule has 1 rings (SSSR count). The summed E-state index contributed by atoms with van der Waals surface area (Å²) < 4.78 is 63.3. The van der Waals surface area contributed by atoms with E-state index in [1.807, 2.05) is 0 Å². The van der Waals surface area contributed by atoms with E-state index >= 15 is 0 Å². The molecular formula is C9H9BrF3NO4S2. The molecule has 0 saturated carbocycles. The summed E-state index contributed by atoms with van der Waals surface area (Å²) in [6, 6.07) is 1.15. The Morgan fingerprint density at radius 2 is 1.95 bits per heavy atom. The van der Waals surface area contributed by atoms with Crippen molar-refractivity contribution in [3.63, 3.8) is 0 Å². The molecule has 1 atom stereocenters. The molecule has 0 aliphatic heterocycles. The van der Waals surface area contributed by atoms with Gasteiger partial charge in [-0.15, -0.1) is 11.3 Å².